The lowest BCUT2D eigenvalue weighted by atomic mass is 9.79. The molecule has 0 saturated heterocycles. The van der Waals surface area contributed by atoms with Crippen LogP contribution < -0.4 is 5.73 Å². The molecule has 0 fully saturated rings. The molecule has 0 heterocycles. The molecule has 1 aromatic carbocycles. The van der Waals surface area contributed by atoms with Crippen LogP contribution in [-0.2, 0) is 22.4 Å². The maximum absolute atomic E-state index is 11.6. The molecule has 1 aliphatic rings. The molecule has 4 heteroatoms. The maximum atomic E-state index is 11.6. The Hall–Kier alpha value is -1.06. The summed E-state index contributed by atoms with van der Waals surface area (Å²) in [5.74, 6) is -0.308. The second-order valence-corrected chi connectivity index (χ2v) is 4.09. The zero-order valence-corrected chi connectivity index (χ0v) is 10.0. The van der Waals surface area contributed by atoms with E-state index in [2.05, 4.69) is 6.07 Å². The molecule has 1 atom stereocenters. The first-order chi connectivity index (χ1) is 7.15. The number of hydrogen-bond donors (Lipinski definition) is 1. The van der Waals surface area contributed by atoms with Gasteiger partial charge in [0.15, 0.2) is 0 Å². The first kappa shape index (κ1) is 13.0. The number of methoxy groups -OCH3 is 1. The number of nitrogens with two attached hydrogens (primary N) is 1. The first-order valence-corrected chi connectivity index (χ1v) is 5.10. The van der Waals surface area contributed by atoms with Crippen LogP contribution in [-0.4, -0.2) is 18.6 Å². The van der Waals surface area contributed by atoms with Gasteiger partial charge in [0, 0.05) is 6.42 Å². The van der Waals surface area contributed by atoms with E-state index in [-0.39, 0.29) is 18.4 Å². The summed E-state index contributed by atoms with van der Waals surface area (Å²) in [4.78, 5) is 11.6. The van der Waals surface area contributed by atoms with Crippen LogP contribution in [0.1, 0.15) is 17.5 Å². The average molecular weight is 242 g/mol. The van der Waals surface area contributed by atoms with Gasteiger partial charge in [-0.15, -0.1) is 12.4 Å². The molecule has 0 spiro atoms. The Kier molecular flexibility index (Phi) is 3.94. The lowest BCUT2D eigenvalue weighted by molar-refractivity contribution is -0.147. The van der Waals surface area contributed by atoms with Crippen molar-refractivity contribution in [3.63, 3.8) is 0 Å². The molecule has 0 aliphatic heterocycles. The minimum atomic E-state index is -0.830. The summed E-state index contributed by atoms with van der Waals surface area (Å²) >= 11 is 0. The van der Waals surface area contributed by atoms with E-state index in [1.807, 2.05) is 18.2 Å². The third-order valence-electron chi connectivity index (χ3n) is 3.06. The van der Waals surface area contributed by atoms with Gasteiger partial charge in [0.1, 0.15) is 5.54 Å². The number of carbonyl (C=O) groups excluding carboxylic acids is 1. The Balaban J connectivity index is 0.00000128. The molecular weight excluding hydrogens is 226 g/mol. The van der Waals surface area contributed by atoms with Crippen molar-refractivity contribution in [2.24, 2.45) is 5.73 Å². The Morgan fingerprint density at radius 3 is 2.62 bits per heavy atom. The summed E-state index contributed by atoms with van der Waals surface area (Å²) in [6.45, 7) is 0. The highest BCUT2D eigenvalue weighted by Crippen LogP contribution is 2.27. The Labute approximate surface area is 101 Å². The topological polar surface area (TPSA) is 52.3 Å². The number of carbonyl (C=O) groups is 1. The fourth-order valence-corrected chi connectivity index (χ4v) is 2.14. The van der Waals surface area contributed by atoms with E-state index in [0.29, 0.717) is 12.8 Å². The molecule has 1 aromatic rings. The van der Waals surface area contributed by atoms with Crippen LogP contribution >= 0.6 is 12.4 Å². The van der Waals surface area contributed by atoms with E-state index in [4.69, 9.17) is 10.5 Å². The third kappa shape index (κ3) is 2.20. The molecule has 2 N–H and O–H groups in total. The molecule has 0 radical (unpaired) electrons. The van der Waals surface area contributed by atoms with Gasteiger partial charge in [-0.2, -0.15) is 0 Å². The van der Waals surface area contributed by atoms with Crippen molar-refractivity contribution in [3.05, 3.63) is 35.4 Å². The summed E-state index contributed by atoms with van der Waals surface area (Å²) in [6.07, 6.45) is 2.09. The molecule has 2 rings (SSSR count). The fraction of sp³-hybridized carbons (Fsp3) is 0.417. The normalized spacial score (nSPS) is 22.9. The largest absolute Gasteiger partial charge is 0.468 e. The lowest BCUT2D eigenvalue weighted by Crippen LogP contribution is -2.52. The molecule has 0 saturated carbocycles. The quantitative estimate of drug-likeness (QED) is 0.758. The van der Waals surface area contributed by atoms with Crippen LogP contribution in [0.2, 0.25) is 0 Å². The zero-order chi connectivity index (χ0) is 10.9. The summed E-state index contributed by atoms with van der Waals surface area (Å²) < 4.78 is 4.74. The number of halogens is 1. The minimum Gasteiger partial charge on any atom is -0.468 e. The smallest absolute Gasteiger partial charge is 0.326 e. The van der Waals surface area contributed by atoms with Crippen LogP contribution in [0, 0.1) is 0 Å². The second-order valence-electron chi connectivity index (χ2n) is 4.09. The van der Waals surface area contributed by atoms with Crippen molar-refractivity contribution in [2.45, 2.75) is 24.8 Å². The highest BCUT2D eigenvalue weighted by molar-refractivity contribution is 5.85. The van der Waals surface area contributed by atoms with Crippen molar-refractivity contribution < 1.29 is 9.53 Å². The molecular formula is C12H16ClNO2. The van der Waals surface area contributed by atoms with E-state index in [1.165, 1.54) is 12.7 Å². The Morgan fingerprint density at radius 2 is 2.00 bits per heavy atom. The van der Waals surface area contributed by atoms with Crippen molar-refractivity contribution >= 4 is 18.4 Å². The number of ether oxygens (including phenoxy) is 1. The Bertz CT molecular complexity index is 394. The summed E-state index contributed by atoms with van der Waals surface area (Å²) in [7, 11) is 1.39. The van der Waals surface area contributed by atoms with Crippen molar-refractivity contribution in [1.82, 2.24) is 0 Å². The predicted molar refractivity (Wildman–Crippen MR) is 64.6 cm³/mol. The van der Waals surface area contributed by atoms with Crippen LogP contribution in [0.4, 0.5) is 0 Å². The second kappa shape index (κ2) is 4.85. The monoisotopic (exact) mass is 241 g/mol. The van der Waals surface area contributed by atoms with E-state index in [0.717, 1.165) is 12.0 Å². The maximum Gasteiger partial charge on any atom is 0.326 e. The van der Waals surface area contributed by atoms with E-state index < -0.39 is 5.54 Å². The van der Waals surface area contributed by atoms with Crippen molar-refractivity contribution in [3.8, 4) is 0 Å². The summed E-state index contributed by atoms with van der Waals surface area (Å²) in [6, 6.07) is 8.10. The van der Waals surface area contributed by atoms with E-state index in [1.54, 1.807) is 0 Å². The minimum absolute atomic E-state index is 0. The lowest BCUT2D eigenvalue weighted by Gasteiger charge is -2.31. The molecule has 3 nitrogen and oxygen atoms in total. The standard InChI is InChI=1S/C12H15NO2.ClH/c1-15-11(14)12(13)7-6-9-4-2-3-5-10(9)8-12;/h2-5H,6-8,13H2,1H3;1H. The zero-order valence-electron chi connectivity index (χ0n) is 9.23. The van der Waals surface area contributed by atoms with Gasteiger partial charge in [0.05, 0.1) is 7.11 Å². The van der Waals surface area contributed by atoms with Crippen LogP contribution in [0.5, 0.6) is 0 Å². The van der Waals surface area contributed by atoms with Crippen LogP contribution in [0.3, 0.4) is 0 Å². The molecule has 1 aliphatic carbocycles. The van der Waals surface area contributed by atoms with Gasteiger partial charge in [-0.05, 0) is 24.0 Å². The Morgan fingerprint density at radius 1 is 1.38 bits per heavy atom. The third-order valence-corrected chi connectivity index (χ3v) is 3.06. The van der Waals surface area contributed by atoms with Gasteiger partial charge in [0.2, 0.25) is 0 Å². The fourth-order valence-electron chi connectivity index (χ4n) is 2.14. The number of aryl methyl sites for hydroxylation is 1. The number of hydrogen-bond acceptors (Lipinski definition) is 3. The number of fused-ring (bicyclic) bond motifs is 1. The van der Waals surface area contributed by atoms with E-state index >= 15 is 0 Å². The predicted octanol–water partition coefficient (Wildman–Crippen LogP) is 1.47. The van der Waals surface area contributed by atoms with Crippen molar-refractivity contribution in [2.75, 3.05) is 7.11 Å². The molecule has 0 bridgehead atoms. The van der Waals surface area contributed by atoms with Gasteiger partial charge in [-0.1, -0.05) is 24.3 Å². The number of esters is 1. The number of benzene rings is 1. The van der Waals surface area contributed by atoms with Gasteiger partial charge >= 0.3 is 5.97 Å². The highest BCUT2D eigenvalue weighted by atomic mass is 35.5. The van der Waals surface area contributed by atoms with Crippen LogP contribution in [0.25, 0.3) is 0 Å². The van der Waals surface area contributed by atoms with Gasteiger partial charge < -0.3 is 10.5 Å². The molecule has 88 valence electrons. The molecule has 0 amide bonds. The molecule has 0 aromatic heterocycles. The summed E-state index contributed by atoms with van der Waals surface area (Å²) in [5, 5.41) is 0. The molecule has 1 unspecified atom stereocenters. The van der Waals surface area contributed by atoms with Gasteiger partial charge in [0.25, 0.3) is 0 Å². The SMILES string of the molecule is COC(=O)C1(N)CCc2ccccc2C1.Cl. The first-order valence-electron chi connectivity index (χ1n) is 5.10. The van der Waals surface area contributed by atoms with E-state index in [9.17, 15) is 4.79 Å². The van der Waals surface area contributed by atoms with Gasteiger partial charge in [-0.3, -0.25) is 4.79 Å². The molecule has 16 heavy (non-hydrogen) atoms. The number of rotatable bonds is 1. The summed E-state index contributed by atoms with van der Waals surface area (Å²) in [5.41, 5.74) is 7.68. The van der Waals surface area contributed by atoms with Crippen LogP contribution in [0.15, 0.2) is 24.3 Å². The van der Waals surface area contributed by atoms with Crippen molar-refractivity contribution in [1.29, 1.82) is 0 Å². The van der Waals surface area contributed by atoms with Gasteiger partial charge in [-0.25, -0.2) is 0 Å². The average Bonchev–Trinajstić information content (AvgIpc) is 2.27. The highest BCUT2D eigenvalue weighted by Gasteiger charge is 2.38.